The molecule has 1 amide bonds. The van der Waals surface area contributed by atoms with Crippen molar-refractivity contribution in [3.8, 4) is 17.3 Å². The highest BCUT2D eigenvalue weighted by Crippen LogP contribution is 2.22. The van der Waals surface area contributed by atoms with Crippen molar-refractivity contribution >= 4 is 5.91 Å². The summed E-state index contributed by atoms with van der Waals surface area (Å²) in [5.74, 6) is -0.427. The summed E-state index contributed by atoms with van der Waals surface area (Å²) < 4.78 is 15.2. The average Bonchev–Trinajstić information content (AvgIpc) is 2.85. The van der Waals surface area contributed by atoms with Gasteiger partial charge in [0.2, 0.25) is 5.91 Å². The number of aromatic nitrogens is 2. The van der Waals surface area contributed by atoms with Gasteiger partial charge in [0.25, 0.3) is 0 Å². The molecule has 5 nitrogen and oxygen atoms in total. The quantitative estimate of drug-likeness (QED) is 0.869. The molecule has 2 aromatic rings. The van der Waals surface area contributed by atoms with Crippen LogP contribution in [-0.4, -0.2) is 34.7 Å². The van der Waals surface area contributed by atoms with E-state index in [0.29, 0.717) is 24.1 Å². The molecule has 0 saturated heterocycles. The van der Waals surface area contributed by atoms with Gasteiger partial charge in [0.15, 0.2) is 0 Å². The predicted octanol–water partition coefficient (Wildman–Crippen LogP) is 2.12. The summed E-state index contributed by atoms with van der Waals surface area (Å²) in [5.41, 5.74) is 2.28. The van der Waals surface area contributed by atoms with Crippen LogP contribution in [0.25, 0.3) is 11.3 Å². The van der Waals surface area contributed by atoms with E-state index in [1.165, 1.54) is 12.1 Å². The first-order valence-electron chi connectivity index (χ1n) is 6.85. The summed E-state index contributed by atoms with van der Waals surface area (Å²) >= 11 is 0. The van der Waals surface area contributed by atoms with Gasteiger partial charge < -0.3 is 4.90 Å². The van der Waals surface area contributed by atoms with Crippen LogP contribution in [0, 0.1) is 17.1 Å². The van der Waals surface area contributed by atoms with E-state index in [4.69, 9.17) is 5.26 Å². The summed E-state index contributed by atoms with van der Waals surface area (Å²) in [6.45, 7) is 0. The second-order valence-corrected chi connectivity index (χ2v) is 5.27. The van der Waals surface area contributed by atoms with Crippen molar-refractivity contribution in [3.05, 3.63) is 41.3 Å². The zero-order valence-corrected chi connectivity index (χ0v) is 12.8. The molecule has 0 saturated carbocycles. The molecule has 0 aliphatic rings. The second kappa shape index (κ2) is 6.39. The van der Waals surface area contributed by atoms with Crippen LogP contribution in [0.1, 0.15) is 17.7 Å². The third kappa shape index (κ3) is 3.50. The number of carbonyl (C=O) groups excluding carboxylic acids is 1. The standard InChI is InChI=1S/C16H17FN4O/c1-20(2)16(22)5-4-14-9-15(19-21(14)3)12-6-11(10-18)7-13(17)8-12/h6-9H,4-5H2,1-3H3. The Morgan fingerprint density at radius 1 is 1.36 bits per heavy atom. The molecule has 22 heavy (non-hydrogen) atoms. The van der Waals surface area contributed by atoms with E-state index in [0.717, 1.165) is 5.69 Å². The number of benzene rings is 1. The van der Waals surface area contributed by atoms with E-state index >= 15 is 0 Å². The largest absolute Gasteiger partial charge is 0.349 e. The van der Waals surface area contributed by atoms with Gasteiger partial charge in [-0.2, -0.15) is 10.4 Å². The number of amides is 1. The van der Waals surface area contributed by atoms with Crippen LogP contribution in [0.3, 0.4) is 0 Å². The summed E-state index contributed by atoms with van der Waals surface area (Å²) in [5, 5.41) is 13.2. The molecule has 0 unspecified atom stereocenters. The van der Waals surface area contributed by atoms with Crippen LogP contribution in [0.15, 0.2) is 24.3 Å². The number of carbonyl (C=O) groups is 1. The first-order chi connectivity index (χ1) is 10.4. The highest BCUT2D eigenvalue weighted by molar-refractivity contribution is 5.75. The highest BCUT2D eigenvalue weighted by Gasteiger charge is 2.12. The SMILES string of the molecule is CN(C)C(=O)CCc1cc(-c2cc(F)cc(C#N)c2)nn1C. The highest BCUT2D eigenvalue weighted by atomic mass is 19.1. The molecule has 114 valence electrons. The average molecular weight is 300 g/mol. The van der Waals surface area contributed by atoms with E-state index in [2.05, 4.69) is 5.10 Å². The van der Waals surface area contributed by atoms with Crippen molar-refractivity contribution in [1.82, 2.24) is 14.7 Å². The van der Waals surface area contributed by atoms with Gasteiger partial charge in [0, 0.05) is 38.8 Å². The lowest BCUT2D eigenvalue weighted by molar-refractivity contribution is -0.128. The van der Waals surface area contributed by atoms with Gasteiger partial charge >= 0.3 is 0 Å². The van der Waals surface area contributed by atoms with Crippen LogP contribution < -0.4 is 0 Å². The van der Waals surface area contributed by atoms with Crippen LogP contribution >= 0.6 is 0 Å². The van der Waals surface area contributed by atoms with Crippen molar-refractivity contribution in [2.45, 2.75) is 12.8 Å². The fourth-order valence-electron chi connectivity index (χ4n) is 2.14. The van der Waals surface area contributed by atoms with Crippen LogP contribution in [0.4, 0.5) is 4.39 Å². The lowest BCUT2D eigenvalue weighted by Gasteiger charge is -2.09. The number of nitriles is 1. The minimum absolute atomic E-state index is 0.0419. The maximum absolute atomic E-state index is 13.5. The Morgan fingerprint density at radius 2 is 2.09 bits per heavy atom. The molecule has 0 bridgehead atoms. The van der Waals surface area contributed by atoms with Crippen molar-refractivity contribution < 1.29 is 9.18 Å². The minimum atomic E-state index is -0.468. The Morgan fingerprint density at radius 3 is 2.73 bits per heavy atom. The van der Waals surface area contributed by atoms with Crippen molar-refractivity contribution in [3.63, 3.8) is 0 Å². The topological polar surface area (TPSA) is 61.9 Å². The van der Waals surface area contributed by atoms with Gasteiger partial charge in [-0.05, 0) is 30.7 Å². The number of nitrogens with zero attached hydrogens (tertiary/aromatic N) is 4. The van der Waals surface area contributed by atoms with E-state index in [9.17, 15) is 9.18 Å². The summed E-state index contributed by atoms with van der Waals surface area (Å²) in [6.07, 6.45) is 0.944. The van der Waals surface area contributed by atoms with Gasteiger partial charge in [0.1, 0.15) is 5.82 Å². The molecular formula is C16H17FN4O. The van der Waals surface area contributed by atoms with Gasteiger partial charge in [-0.3, -0.25) is 9.48 Å². The van der Waals surface area contributed by atoms with Gasteiger partial charge in [-0.1, -0.05) is 0 Å². The Balaban J connectivity index is 2.25. The zero-order valence-electron chi connectivity index (χ0n) is 12.8. The van der Waals surface area contributed by atoms with Crippen LogP contribution in [-0.2, 0) is 18.3 Å². The minimum Gasteiger partial charge on any atom is -0.349 e. The first kappa shape index (κ1) is 15.7. The molecule has 0 radical (unpaired) electrons. The Kier molecular flexibility index (Phi) is 4.56. The fraction of sp³-hybridized carbons (Fsp3) is 0.312. The molecule has 0 atom stereocenters. The smallest absolute Gasteiger partial charge is 0.222 e. The maximum Gasteiger partial charge on any atom is 0.222 e. The fourth-order valence-corrected chi connectivity index (χ4v) is 2.14. The maximum atomic E-state index is 13.5. The lowest BCUT2D eigenvalue weighted by atomic mass is 10.1. The summed E-state index contributed by atoms with van der Waals surface area (Å²) in [7, 11) is 5.21. The third-order valence-electron chi connectivity index (χ3n) is 3.39. The first-order valence-corrected chi connectivity index (χ1v) is 6.85. The molecule has 0 aliphatic heterocycles. The molecular weight excluding hydrogens is 283 g/mol. The molecule has 6 heteroatoms. The molecule has 1 heterocycles. The summed E-state index contributed by atoms with van der Waals surface area (Å²) in [4.78, 5) is 13.2. The number of halogens is 1. The van der Waals surface area contributed by atoms with Gasteiger partial charge in [-0.15, -0.1) is 0 Å². The van der Waals surface area contributed by atoms with Crippen molar-refractivity contribution in [2.75, 3.05) is 14.1 Å². The van der Waals surface area contributed by atoms with Crippen molar-refractivity contribution in [2.24, 2.45) is 7.05 Å². The number of aryl methyl sites for hydroxylation is 2. The molecule has 2 rings (SSSR count). The van der Waals surface area contributed by atoms with E-state index < -0.39 is 5.82 Å². The van der Waals surface area contributed by atoms with E-state index in [1.807, 2.05) is 12.1 Å². The Labute approximate surface area is 128 Å². The summed E-state index contributed by atoms with van der Waals surface area (Å²) in [6, 6.07) is 7.87. The number of rotatable bonds is 4. The van der Waals surface area contributed by atoms with Gasteiger partial charge in [-0.25, -0.2) is 4.39 Å². The second-order valence-electron chi connectivity index (χ2n) is 5.27. The molecule has 1 aromatic carbocycles. The number of hydrogen-bond donors (Lipinski definition) is 0. The monoisotopic (exact) mass is 300 g/mol. The molecule has 1 aromatic heterocycles. The van der Waals surface area contributed by atoms with Crippen molar-refractivity contribution in [1.29, 1.82) is 5.26 Å². The zero-order chi connectivity index (χ0) is 16.3. The lowest BCUT2D eigenvalue weighted by Crippen LogP contribution is -2.22. The van der Waals surface area contributed by atoms with E-state index in [-0.39, 0.29) is 11.5 Å². The third-order valence-corrected chi connectivity index (χ3v) is 3.39. The molecule has 0 fully saturated rings. The van der Waals surface area contributed by atoms with Crippen LogP contribution in [0.5, 0.6) is 0 Å². The van der Waals surface area contributed by atoms with E-state index in [1.54, 1.807) is 36.8 Å². The molecule has 0 N–H and O–H groups in total. The normalized spacial score (nSPS) is 10.3. The molecule has 0 aliphatic carbocycles. The Bertz CT molecular complexity index is 743. The number of hydrogen-bond acceptors (Lipinski definition) is 3. The van der Waals surface area contributed by atoms with Crippen LogP contribution in [0.2, 0.25) is 0 Å². The predicted molar refractivity (Wildman–Crippen MR) is 80.3 cm³/mol. The Hall–Kier alpha value is -2.68. The van der Waals surface area contributed by atoms with Gasteiger partial charge in [0.05, 0.1) is 17.3 Å². The molecule has 0 spiro atoms.